The van der Waals surface area contributed by atoms with Crippen LogP contribution in [0, 0.1) is 0 Å². The van der Waals surface area contributed by atoms with Crippen LogP contribution in [0.25, 0.3) is 10.9 Å². The number of carbonyl (C=O) groups excluding carboxylic acids is 1. The van der Waals surface area contributed by atoms with Crippen LogP contribution in [0.5, 0.6) is 0 Å². The topological polar surface area (TPSA) is 30.0 Å². The molecule has 1 aromatic heterocycles. The maximum Gasteiger partial charge on any atom is 0.212 e. The van der Waals surface area contributed by atoms with Gasteiger partial charge in [0.05, 0.1) is 10.5 Å². The number of carbonyl (C=O) groups is 1. The first-order valence-electron chi connectivity index (χ1n) is 5.91. The van der Waals surface area contributed by atoms with Gasteiger partial charge in [-0.1, -0.05) is 48.0 Å². The van der Waals surface area contributed by atoms with Crippen LogP contribution in [0.15, 0.2) is 60.7 Å². The SMILES string of the molecule is O=C(c1ccc2ccccc2n1)c1ccccc1Cl. The highest BCUT2D eigenvalue weighted by Crippen LogP contribution is 2.20. The second-order valence-electron chi connectivity index (χ2n) is 4.20. The Hall–Kier alpha value is -2.19. The van der Waals surface area contributed by atoms with E-state index in [0.29, 0.717) is 16.3 Å². The maximum atomic E-state index is 12.4. The Labute approximate surface area is 115 Å². The lowest BCUT2D eigenvalue weighted by Gasteiger charge is -2.04. The summed E-state index contributed by atoms with van der Waals surface area (Å²) in [5, 5.41) is 1.46. The van der Waals surface area contributed by atoms with Gasteiger partial charge in [-0.15, -0.1) is 0 Å². The normalized spacial score (nSPS) is 10.6. The molecule has 3 heteroatoms. The molecule has 0 bridgehead atoms. The zero-order valence-electron chi connectivity index (χ0n) is 10.0. The molecule has 2 nitrogen and oxygen atoms in total. The van der Waals surface area contributed by atoms with Crippen molar-refractivity contribution in [3.63, 3.8) is 0 Å². The molecular formula is C16H10ClNO. The number of hydrogen-bond acceptors (Lipinski definition) is 2. The fraction of sp³-hybridized carbons (Fsp3) is 0. The van der Waals surface area contributed by atoms with Gasteiger partial charge in [-0.2, -0.15) is 0 Å². The van der Waals surface area contributed by atoms with E-state index in [1.54, 1.807) is 30.3 Å². The summed E-state index contributed by atoms with van der Waals surface area (Å²) in [6.07, 6.45) is 0. The Morgan fingerprint density at radius 3 is 2.47 bits per heavy atom. The fourth-order valence-corrected chi connectivity index (χ4v) is 2.20. The second kappa shape index (κ2) is 4.82. The van der Waals surface area contributed by atoms with Crippen LogP contribution in [0.2, 0.25) is 5.02 Å². The minimum absolute atomic E-state index is 0.156. The minimum atomic E-state index is -0.156. The summed E-state index contributed by atoms with van der Waals surface area (Å²) in [6, 6.07) is 18.3. The van der Waals surface area contributed by atoms with E-state index in [1.807, 2.05) is 30.3 Å². The van der Waals surface area contributed by atoms with Crippen molar-refractivity contribution in [3.05, 3.63) is 76.9 Å². The molecule has 0 saturated heterocycles. The van der Waals surface area contributed by atoms with Gasteiger partial charge in [0.1, 0.15) is 5.69 Å². The first kappa shape index (κ1) is 11.9. The Bertz CT molecular complexity index is 767. The van der Waals surface area contributed by atoms with Crippen LogP contribution in [-0.2, 0) is 0 Å². The van der Waals surface area contributed by atoms with E-state index in [9.17, 15) is 4.79 Å². The number of pyridine rings is 1. The number of rotatable bonds is 2. The molecule has 0 atom stereocenters. The molecule has 0 aliphatic heterocycles. The van der Waals surface area contributed by atoms with E-state index in [1.165, 1.54) is 0 Å². The molecule has 0 radical (unpaired) electrons. The maximum absolute atomic E-state index is 12.4. The summed E-state index contributed by atoms with van der Waals surface area (Å²) in [4.78, 5) is 16.7. The van der Waals surface area contributed by atoms with Crippen LogP contribution in [0.3, 0.4) is 0 Å². The molecule has 0 aliphatic rings. The number of nitrogens with zero attached hydrogens (tertiary/aromatic N) is 1. The van der Waals surface area contributed by atoms with Gasteiger partial charge in [0.2, 0.25) is 5.78 Å². The van der Waals surface area contributed by atoms with Crippen molar-refractivity contribution < 1.29 is 4.79 Å². The standard InChI is InChI=1S/C16H10ClNO/c17-13-7-3-2-6-12(13)16(19)15-10-9-11-5-1-4-8-14(11)18-15/h1-10H. The van der Waals surface area contributed by atoms with Crippen LogP contribution < -0.4 is 0 Å². The number of ketones is 1. The van der Waals surface area contributed by atoms with Crippen LogP contribution in [0.4, 0.5) is 0 Å². The summed E-state index contributed by atoms with van der Waals surface area (Å²) in [7, 11) is 0. The summed E-state index contributed by atoms with van der Waals surface area (Å²) in [6.45, 7) is 0. The predicted octanol–water partition coefficient (Wildman–Crippen LogP) is 4.12. The second-order valence-corrected chi connectivity index (χ2v) is 4.61. The highest BCUT2D eigenvalue weighted by Gasteiger charge is 2.13. The van der Waals surface area contributed by atoms with Crippen molar-refractivity contribution in [2.45, 2.75) is 0 Å². The summed E-state index contributed by atoms with van der Waals surface area (Å²) >= 11 is 6.04. The molecule has 1 heterocycles. The molecule has 3 rings (SSSR count). The highest BCUT2D eigenvalue weighted by atomic mass is 35.5. The molecule has 0 N–H and O–H groups in total. The molecule has 0 unspecified atom stereocenters. The molecule has 0 fully saturated rings. The number of halogens is 1. The Morgan fingerprint density at radius 2 is 1.63 bits per heavy atom. The molecule has 0 amide bonds. The number of para-hydroxylation sites is 1. The Balaban J connectivity index is 2.09. The van der Waals surface area contributed by atoms with Crippen molar-refractivity contribution >= 4 is 28.3 Å². The number of benzene rings is 2. The van der Waals surface area contributed by atoms with E-state index in [2.05, 4.69) is 4.98 Å². The predicted molar refractivity (Wildman–Crippen MR) is 76.6 cm³/mol. The van der Waals surface area contributed by atoms with Gasteiger partial charge >= 0.3 is 0 Å². The summed E-state index contributed by atoms with van der Waals surface area (Å²) in [5.41, 5.74) is 1.69. The Morgan fingerprint density at radius 1 is 0.895 bits per heavy atom. The minimum Gasteiger partial charge on any atom is -0.287 e. The first-order chi connectivity index (χ1) is 9.25. The van der Waals surface area contributed by atoms with Gasteiger partial charge in [0, 0.05) is 10.9 Å². The van der Waals surface area contributed by atoms with E-state index >= 15 is 0 Å². The zero-order chi connectivity index (χ0) is 13.2. The average Bonchev–Trinajstić information content (AvgIpc) is 2.46. The largest absolute Gasteiger partial charge is 0.287 e. The van der Waals surface area contributed by atoms with E-state index < -0.39 is 0 Å². The number of hydrogen-bond donors (Lipinski definition) is 0. The van der Waals surface area contributed by atoms with Gasteiger partial charge in [0.25, 0.3) is 0 Å². The quantitative estimate of drug-likeness (QED) is 0.654. The molecular weight excluding hydrogens is 258 g/mol. The molecule has 19 heavy (non-hydrogen) atoms. The molecule has 0 spiro atoms. The van der Waals surface area contributed by atoms with E-state index in [-0.39, 0.29) is 5.78 Å². The van der Waals surface area contributed by atoms with Crippen LogP contribution in [-0.4, -0.2) is 10.8 Å². The zero-order valence-corrected chi connectivity index (χ0v) is 10.8. The van der Waals surface area contributed by atoms with E-state index in [4.69, 9.17) is 11.6 Å². The third kappa shape index (κ3) is 2.23. The number of aromatic nitrogens is 1. The lowest BCUT2D eigenvalue weighted by molar-refractivity contribution is 0.103. The van der Waals surface area contributed by atoms with Crippen LogP contribution >= 0.6 is 11.6 Å². The first-order valence-corrected chi connectivity index (χ1v) is 6.28. The van der Waals surface area contributed by atoms with Crippen molar-refractivity contribution in [2.75, 3.05) is 0 Å². The van der Waals surface area contributed by atoms with Gasteiger partial charge in [-0.05, 0) is 24.3 Å². The van der Waals surface area contributed by atoms with Crippen molar-refractivity contribution in [2.24, 2.45) is 0 Å². The summed E-state index contributed by atoms with van der Waals surface area (Å²) < 4.78 is 0. The molecule has 92 valence electrons. The monoisotopic (exact) mass is 267 g/mol. The fourth-order valence-electron chi connectivity index (χ4n) is 1.98. The van der Waals surface area contributed by atoms with Crippen molar-refractivity contribution in [1.29, 1.82) is 0 Å². The Kier molecular flexibility index (Phi) is 3.02. The smallest absolute Gasteiger partial charge is 0.212 e. The number of fused-ring (bicyclic) bond motifs is 1. The average molecular weight is 268 g/mol. The van der Waals surface area contributed by atoms with Gasteiger partial charge < -0.3 is 0 Å². The van der Waals surface area contributed by atoms with Gasteiger partial charge in [0.15, 0.2) is 0 Å². The van der Waals surface area contributed by atoms with Gasteiger partial charge in [-0.25, -0.2) is 4.98 Å². The van der Waals surface area contributed by atoms with Crippen molar-refractivity contribution in [3.8, 4) is 0 Å². The third-order valence-electron chi connectivity index (χ3n) is 2.95. The van der Waals surface area contributed by atoms with Gasteiger partial charge in [-0.3, -0.25) is 4.79 Å². The molecule has 0 aliphatic carbocycles. The van der Waals surface area contributed by atoms with Crippen LogP contribution in [0.1, 0.15) is 16.1 Å². The third-order valence-corrected chi connectivity index (χ3v) is 3.28. The molecule has 2 aromatic carbocycles. The van der Waals surface area contributed by atoms with Crippen molar-refractivity contribution in [1.82, 2.24) is 4.98 Å². The molecule has 3 aromatic rings. The summed E-state index contributed by atoms with van der Waals surface area (Å²) in [5.74, 6) is -0.156. The molecule has 0 saturated carbocycles. The highest BCUT2D eigenvalue weighted by molar-refractivity contribution is 6.34. The van der Waals surface area contributed by atoms with E-state index in [0.717, 1.165) is 10.9 Å². The lowest BCUT2D eigenvalue weighted by Crippen LogP contribution is -2.04. The lowest BCUT2D eigenvalue weighted by atomic mass is 10.1.